The van der Waals surface area contributed by atoms with Crippen molar-refractivity contribution in [1.82, 2.24) is 9.80 Å². The van der Waals surface area contributed by atoms with Crippen LogP contribution in [-0.2, 0) is 19.1 Å². The SMILES string of the molecule is C=C[C@@H]1CC[C@@H](C(=O)OC(C)(C)C)N1C(=O)[C@]1(C=C)CCCN1C(=O)OC(C)(C)C. The summed E-state index contributed by atoms with van der Waals surface area (Å²) in [7, 11) is 0. The molecule has 2 amide bonds. The Labute approximate surface area is 180 Å². The van der Waals surface area contributed by atoms with Crippen molar-refractivity contribution in [2.45, 2.75) is 96.1 Å². The standard InChI is InChI=1S/C23H36N2O5/c1-9-16-12-13-17(18(26)29-21(3,4)5)25(16)19(27)23(10-2)14-11-15-24(23)20(28)30-22(6,7)8/h9-10,16-17H,1-2,11-15H2,3-8H3/t16-,17+,23+/m1/s1. The summed E-state index contributed by atoms with van der Waals surface area (Å²) < 4.78 is 11.1. The van der Waals surface area contributed by atoms with Gasteiger partial charge < -0.3 is 14.4 Å². The van der Waals surface area contributed by atoms with Crippen molar-refractivity contribution in [1.29, 1.82) is 0 Å². The van der Waals surface area contributed by atoms with E-state index >= 15 is 0 Å². The molecule has 30 heavy (non-hydrogen) atoms. The van der Waals surface area contributed by atoms with Crippen LogP contribution in [0, 0.1) is 0 Å². The molecule has 0 radical (unpaired) electrons. The lowest BCUT2D eigenvalue weighted by atomic mass is 9.93. The summed E-state index contributed by atoms with van der Waals surface area (Å²) in [5.41, 5.74) is -2.61. The lowest BCUT2D eigenvalue weighted by molar-refractivity contribution is -0.165. The molecule has 2 rings (SSSR count). The minimum absolute atomic E-state index is 0.312. The van der Waals surface area contributed by atoms with Crippen LogP contribution >= 0.6 is 0 Å². The molecule has 0 saturated carbocycles. The van der Waals surface area contributed by atoms with Gasteiger partial charge in [0.05, 0.1) is 6.04 Å². The monoisotopic (exact) mass is 420 g/mol. The molecule has 2 aliphatic heterocycles. The van der Waals surface area contributed by atoms with Gasteiger partial charge in [0.1, 0.15) is 22.8 Å². The number of hydrogen-bond donors (Lipinski definition) is 0. The first-order valence-corrected chi connectivity index (χ1v) is 10.6. The highest BCUT2D eigenvalue weighted by Gasteiger charge is 2.54. The highest BCUT2D eigenvalue weighted by Crippen LogP contribution is 2.38. The van der Waals surface area contributed by atoms with Gasteiger partial charge in [-0.1, -0.05) is 12.2 Å². The highest BCUT2D eigenvalue weighted by molar-refractivity contribution is 5.96. The van der Waals surface area contributed by atoms with E-state index in [1.165, 1.54) is 15.9 Å². The average Bonchev–Trinajstić information content (AvgIpc) is 3.22. The number of amides is 2. The Morgan fingerprint density at radius 2 is 1.60 bits per heavy atom. The second kappa shape index (κ2) is 8.44. The zero-order valence-electron chi connectivity index (χ0n) is 19.2. The first-order valence-electron chi connectivity index (χ1n) is 10.6. The third kappa shape index (κ3) is 4.87. The molecule has 2 fully saturated rings. The number of ether oxygens (including phenoxy) is 2. The van der Waals surface area contributed by atoms with Gasteiger partial charge in [-0.15, -0.1) is 13.2 Å². The Balaban J connectivity index is 2.38. The van der Waals surface area contributed by atoms with E-state index in [-0.39, 0.29) is 11.9 Å². The lowest BCUT2D eigenvalue weighted by Gasteiger charge is -2.41. The molecule has 2 aliphatic rings. The fraction of sp³-hybridized carbons (Fsp3) is 0.696. The molecule has 2 saturated heterocycles. The maximum atomic E-state index is 13.9. The number of esters is 1. The number of likely N-dealkylation sites (tertiary alicyclic amines) is 2. The van der Waals surface area contributed by atoms with Crippen molar-refractivity contribution in [3.8, 4) is 0 Å². The number of hydrogen-bond acceptors (Lipinski definition) is 5. The molecule has 0 aliphatic carbocycles. The van der Waals surface area contributed by atoms with Gasteiger partial charge in [-0.2, -0.15) is 0 Å². The molecule has 0 unspecified atom stereocenters. The van der Waals surface area contributed by atoms with Gasteiger partial charge in [0.2, 0.25) is 0 Å². The highest BCUT2D eigenvalue weighted by atomic mass is 16.6. The van der Waals surface area contributed by atoms with E-state index in [2.05, 4.69) is 13.2 Å². The molecule has 0 aromatic carbocycles. The van der Waals surface area contributed by atoms with Crippen LogP contribution in [0.3, 0.4) is 0 Å². The zero-order chi connectivity index (χ0) is 22.9. The Bertz CT molecular complexity index is 718. The minimum atomic E-state index is -1.26. The van der Waals surface area contributed by atoms with Gasteiger partial charge in [0, 0.05) is 6.54 Å². The summed E-state index contributed by atoms with van der Waals surface area (Å²) in [5, 5.41) is 0. The number of nitrogens with zero attached hydrogens (tertiary/aromatic N) is 2. The molecule has 7 nitrogen and oxygen atoms in total. The predicted molar refractivity (Wildman–Crippen MR) is 115 cm³/mol. The van der Waals surface area contributed by atoms with E-state index in [1.807, 2.05) is 0 Å². The summed E-state index contributed by atoms with van der Waals surface area (Å²) in [6, 6.07) is -1.04. The molecular formula is C23H36N2O5. The van der Waals surface area contributed by atoms with Crippen LogP contribution in [0.4, 0.5) is 4.79 Å². The van der Waals surface area contributed by atoms with Crippen molar-refractivity contribution in [3.05, 3.63) is 25.3 Å². The molecule has 7 heteroatoms. The molecule has 0 spiro atoms. The van der Waals surface area contributed by atoms with E-state index < -0.39 is 34.8 Å². The van der Waals surface area contributed by atoms with E-state index in [9.17, 15) is 14.4 Å². The number of carbonyl (C=O) groups is 3. The lowest BCUT2D eigenvalue weighted by Crippen LogP contribution is -2.61. The summed E-state index contributed by atoms with van der Waals surface area (Å²) >= 11 is 0. The van der Waals surface area contributed by atoms with Crippen molar-refractivity contribution in [2.24, 2.45) is 0 Å². The predicted octanol–water partition coefficient (Wildman–Crippen LogP) is 3.83. The van der Waals surface area contributed by atoms with Crippen LogP contribution in [0.5, 0.6) is 0 Å². The third-order valence-corrected chi connectivity index (χ3v) is 5.36. The van der Waals surface area contributed by atoms with Gasteiger partial charge >= 0.3 is 12.1 Å². The first kappa shape index (κ1) is 24.0. The van der Waals surface area contributed by atoms with Crippen LogP contribution in [0.2, 0.25) is 0 Å². The Morgan fingerprint density at radius 3 is 2.10 bits per heavy atom. The van der Waals surface area contributed by atoms with Crippen LogP contribution in [0.25, 0.3) is 0 Å². The second-order valence-corrected chi connectivity index (χ2v) is 10.0. The van der Waals surface area contributed by atoms with E-state index in [0.717, 1.165) is 0 Å². The maximum Gasteiger partial charge on any atom is 0.411 e. The summed E-state index contributed by atoms with van der Waals surface area (Å²) in [5.74, 6) is -0.777. The van der Waals surface area contributed by atoms with Crippen molar-refractivity contribution >= 4 is 18.0 Å². The van der Waals surface area contributed by atoms with Crippen molar-refractivity contribution < 1.29 is 23.9 Å². The van der Waals surface area contributed by atoms with Crippen LogP contribution < -0.4 is 0 Å². The molecule has 3 atom stereocenters. The maximum absolute atomic E-state index is 13.9. The molecule has 0 N–H and O–H groups in total. The fourth-order valence-corrected chi connectivity index (χ4v) is 4.12. The summed E-state index contributed by atoms with van der Waals surface area (Å²) in [6.07, 6.45) is 4.78. The summed E-state index contributed by atoms with van der Waals surface area (Å²) in [4.78, 5) is 42.6. The van der Waals surface area contributed by atoms with Crippen LogP contribution in [0.15, 0.2) is 25.3 Å². The van der Waals surface area contributed by atoms with Gasteiger partial charge in [0.15, 0.2) is 0 Å². The zero-order valence-corrected chi connectivity index (χ0v) is 19.2. The molecule has 0 aromatic heterocycles. The third-order valence-electron chi connectivity index (χ3n) is 5.36. The van der Waals surface area contributed by atoms with E-state index in [4.69, 9.17) is 9.47 Å². The van der Waals surface area contributed by atoms with Gasteiger partial charge in [-0.25, -0.2) is 9.59 Å². The molecular weight excluding hydrogens is 384 g/mol. The van der Waals surface area contributed by atoms with Crippen LogP contribution in [0.1, 0.15) is 67.2 Å². The van der Waals surface area contributed by atoms with Gasteiger partial charge in [-0.05, 0) is 67.2 Å². The first-order chi connectivity index (χ1) is 13.8. The van der Waals surface area contributed by atoms with Gasteiger partial charge in [0.25, 0.3) is 5.91 Å². The Hall–Kier alpha value is -2.31. The Kier molecular flexibility index (Phi) is 6.74. The quantitative estimate of drug-likeness (QED) is 0.510. The molecule has 2 heterocycles. The second-order valence-electron chi connectivity index (χ2n) is 10.0. The minimum Gasteiger partial charge on any atom is -0.458 e. The average molecular weight is 421 g/mol. The Morgan fingerprint density at radius 1 is 1.00 bits per heavy atom. The fourth-order valence-electron chi connectivity index (χ4n) is 4.12. The van der Waals surface area contributed by atoms with Crippen LogP contribution in [-0.4, -0.2) is 63.1 Å². The normalized spacial score (nSPS) is 27.0. The van der Waals surface area contributed by atoms with Gasteiger partial charge in [-0.3, -0.25) is 9.69 Å². The largest absolute Gasteiger partial charge is 0.458 e. The van der Waals surface area contributed by atoms with E-state index in [0.29, 0.717) is 32.2 Å². The molecule has 0 bridgehead atoms. The molecule has 168 valence electrons. The smallest absolute Gasteiger partial charge is 0.411 e. The van der Waals surface area contributed by atoms with Crippen molar-refractivity contribution in [2.75, 3.05) is 6.54 Å². The number of carbonyl (C=O) groups excluding carboxylic acids is 3. The van der Waals surface area contributed by atoms with E-state index in [1.54, 1.807) is 47.6 Å². The number of rotatable bonds is 4. The van der Waals surface area contributed by atoms with Crippen molar-refractivity contribution in [3.63, 3.8) is 0 Å². The summed E-state index contributed by atoms with van der Waals surface area (Å²) in [6.45, 7) is 18.8. The molecule has 0 aromatic rings. The topological polar surface area (TPSA) is 76.2 Å².